The predicted octanol–water partition coefficient (Wildman–Crippen LogP) is -7.64. The first-order valence-electron chi connectivity index (χ1n) is 10.7. The van der Waals surface area contributed by atoms with E-state index in [1.165, 1.54) is 0 Å². The fourth-order valence-corrected chi connectivity index (χ4v) is 4.10. The van der Waals surface area contributed by atoms with Gasteiger partial charge in [0.2, 0.25) is 5.79 Å². The van der Waals surface area contributed by atoms with Gasteiger partial charge in [0.15, 0.2) is 12.6 Å². The summed E-state index contributed by atoms with van der Waals surface area (Å²) in [5.41, 5.74) is 10.9. The summed E-state index contributed by atoms with van der Waals surface area (Å²) < 4.78 is 26.9. The van der Waals surface area contributed by atoms with Crippen molar-refractivity contribution < 1.29 is 69.6 Å². The summed E-state index contributed by atoms with van der Waals surface area (Å²) in [6.45, 7) is -1.99. The fraction of sp³-hybridized carbons (Fsp3) is 1.00. The van der Waals surface area contributed by atoms with E-state index in [2.05, 4.69) is 0 Å². The minimum absolute atomic E-state index is 0.199. The van der Waals surface area contributed by atoms with Gasteiger partial charge in [-0.05, 0) is 0 Å². The van der Waals surface area contributed by atoms with Gasteiger partial charge in [-0.3, -0.25) is 0 Å². The summed E-state index contributed by atoms with van der Waals surface area (Å²) in [6.07, 6.45) is -20.4. The van der Waals surface area contributed by atoms with Crippen LogP contribution in [0.4, 0.5) is 0 Å². The van der Waals surface area contributed by atoms with Gasteiger partial charge in [-0.15, -0.1) is 0 Å². The van der Waals surface area contributed by atoms with Gasteiger partial charge in [-0.1, -0.05) is 0 Å². The molecule has 3 heterocycles. The SMILES string of the molecule is NCC1O[C@H](OCC2OC(O[C@]3(CO)O[C@H](CN)C(O)[C@H]3O)C(O)[C@@H](O)[C@@H]2O)C(O)[C@@H](O)[C@@H]1O. The van der Waals surface area contributed by atoms with Gasteiger partial charge >= 0.3 is 0 Å². The highest BCUT2D eigenvalue weighted by atomic mass is 16.8. The molecule has 0 saturated carbocycles. The van der Waals surface area contributed by atoms with E-state index < -0.39 is 98.7 Å². The van der Waals surface area contributed by atoms with Gasteiger partial charge in [0.1, 0.15) is 73.8 Å². The van der Waals surface area contributed by atoms with E-state index >= 15 is 0 Å². The van der Waals surface area contributed by atoms with Crippen LogP contribution in [0.25, 0.3) is 0 Å². The number of ether oxygens (including phenoxy) is 5. The molecule has 3 fully saturated rings. The van der Waals surface area contributed by atoms with Crippen molar-refractivity contribution in [2.45, 2.75) is 85.5 Å². The summed E-state index contributed by atoms with van der Waals surface area (Å²) in [4.78, 5) is 0. The number of nitrogens with two attached hydrogens (primary N) is 2. The molecular formula is C18H34N2O14. The summed E-state index contributed by atoms with van der Waals surface area (Å²) in [5, 5.41) is 90.9. The van der Waals surface area contributed by atoms with Gasteiger partial charge in [0, 0.05) is 13.1 Å². The Labute approximate surface area is 193 Å². The quantitative estimate of drug-likeness (QED) is 0.147. The van der Waals surface area contributed by atoms with E-state index in [-0.39, 0.29) is 13.1 Å². The lowest BCUT2D eigenvalue weighted by molar-refractivity contribution is -0.387. The highest BCUT2D eigenvalue weighted by molar-refractivity contribution is 4.99. The molecule has 3 aliphatic heterocycles. The highest BCUT2D eigenvalue weighted by Gasteiger charge is 2.58. The van der Waals surface area contributed by atoms with Crippen molar-refractivity contribution in [3.8, 4) is 0 Å². The highest BCUT2D eigenvalue weighted by Crippen LogP contribution is 2.36. The fourth-order valence-electron chi connectivity index (χ4n) is 4.10. The minimum Gasteiger partial charge on any atom is -0.391 e. The van der Waals surface area contributed by atoms with Crippen LogP contribution in [0.15, 0.2) is 0 Å². The van der Waals surface area contributed by atoms with Gasteiger partial charge in [0.05, 0.1) is 6.61 Å². The Hall–Kier alpha value is -0.640. The third kappa shape index (κ3) is 5.09. The summed E-state index contributed by atoms with van der Waals surface area (Å²) in [6, 6.07) is 0. The molecule has 0 bridgehead atoms. The molecular weight excluding hydrogens is 468 g/mol. The molecule has 0 aromatic carbocycles. The number of aliphatic hydroxyl groups is 9. The first kappa shape index (κ1) is 27.9. The zero-order valence-electron chi connectivity index (χ0n) is 18.1. The van der Waals surface area contributed by atoms with Crippen LogP contribution >= 0.6 is 0 Å². The van der Waals surface area contributed by atoms with Crippen molar-refractivity contribution in [3.05, 3.63) is 0 Å². The van der Waals surface area contributed by atoms with E-state index in [4.69, 9.17) is 35.2 Å². The zero-order valence-corrected chi connectivity index (χ0v) is 18.1. The van der Waals surface area contributed by atoms with Crippen LogP contribution in [0.2, 0.25) is 0 Å². The zero-order chi connectivity index (χ0) is 25.4. The van der Waals surface area contributed by atoms with Gasteiger partial charge in [-0.2, -0.15) is 0 Å². The molecule has 14 atom stereocenters. The maximum Gasteiger partial charge on any atom is 0.224 e. The molecule has 16 nitrogen and oxygen atoms in total. The molecule has 0 aliphatic carbocycles. The molecule has 200 valence electrons. The van der Waals surface area contributed by atoms with Crippen LogP contribution < -0.4 is 11.5 Å². The van der Waals surface area contributed by atoms with Crippen molar-refractivity contribution in [2.75, 3.05) is 26.3 Å². The third-order valence-electron chi connectivity index (χ3n) is 6.27. The second kappa shape index (κ2) is 11.2. The number of hydrogen-bond donors (Lipinski definition) is 11. The molecule has 0 radical (unpaired) electrons. The Bertz CT molecular complexity index is 662. The van der Waals surface area contributed by atoms with Crippen molar-refractivity contribution >= 4 is 0 Å². The molecule has 13 N–H and O–H groups in total. The Morgan fingerprint density at radius 1 is 0.647 bits per heavy atom. The third-order valence-corrected chi connectivity index (χ3v) is 6.27. The molecule has 0 amide bonds. The van der Waals surface area contributed by atoms with Crippen molar-refractivity contribution in [1.29, 1.82) is 0 Å². The number of rotatable bonds is 8. The van der Waals surface area contributed by atoms with E-state index in [1.54, 1.807) is 0 Å². The first-order chi connectivity index (χ1) is 16.0. The molecule has 6 unspecified atom stereocenters. The second-order valence-electron chi connectivity index (χ2n) is 8.51. The van der Waals surface area contributed by atoms with E-state index in [0.29, 0.717) is 0 Å². The Morgan fingerprint density at radius 2 is 1.18 bits per heavy atom. The van der Waals surface area contributed by atoms with E-state index in [0.717, 1.165) is 0 Å². The average molecular weight is 502 g/mol. The standard InChI is InChI=1S/C18H34N2O14/c19-1-5-8(22)11(25)13(27)16(31-5)30-3-7-9(23)12(26)14(28)17(32-7)34-18(4-21)15(29)10(24)6(2-20)33-18/h5-17,21-29H,1-4,19-20H2/t5?,6-,7?,8-,9-,10?,11+,12+,13?,14?,15-,16+,17?,18+/m1/s1. The summed E-state index contributed by atoms with van der Waals surface area (Å²) >= 11 is 0. The molecule has 0 aromatic heterocycles. The predicted molar refractivity (Wildman–Crippen MR) is 105 cm³/mol. The largest absolute Gasteiger partial charge is 0.391 e. The normalized spacial score (nSPS) is 52.1. The second-order valence-corrected chi connectivity index (χ2v) is 8.51. The lowest BCUT2D eigenvalue weighted by Crippen LogP contribution is -2.63. The van der Waals surface area contributed by atoms with Crippen LogP contribution in [-0.4, -0.2) is 158 Å². The number of aliphatic hydroxyl groups excluding tert-OH is 9. The van der Waals surface area contributed by atoms with Crippen LogP contribution in [0.5, 0.6) is 0 Å². The molecule has 0 aromatic rings. The monoisotopic (exact) mass is 502 g/mol. The Morgan fingerprint density at radius 3 is 1.71 bits per heavy atom. The molecule has 3 aliphatic rings. The summed E-state index contributed by atoms with van der Waals surface area (Å²) in [5.74, 6) is -2.26. The maximum atomic E-state index is 10.3. The molecule has 34 heavy (non-hydrogen) atoms. The van der Waals surface area contributed by atoms with E-state index in [9.17, 15) is 46.0 Å². The minimum atomic E-state index is -2.26. The molecule has 16 heteroatoms. The first-order valence-corrected chi connectivity index (χ1v) is 10.7. The van der Waals surface area contributed by atoms with Crippen LogP contribution in [0, 0.1) is 0 Å². The van der Waals surface area contributed by atoms with E-state index in [1.807, 2.05) is 0 Å². The van der Waals surface area contributed by atoms with Crippen LogP contribution in [0.1, 0.15) is 0 Å². The van der Waals surface area contributed by atoms with Crippen LogP contribution in [-0.2, 0) is 23.7 Å². The smallest absolute Gasteiger partial charge is 0.224 e. The lowest BCUT2D eigenvalue weighted by Gasteiger charge is -2.44. The van der Waals surface area contributed by atoms with Gasteiger partial charge in [0.25, 0.3) is 0 Å². The van der Waals surface area contributed by atoms with Crippen molar-refractivity contribution in [2.24, 2.45) is 11.5 Å². The lowest BCUT2D eigenvalue weighted by atomic mass is 9.98. The van der Waals surface area contributed by atoms with Crippen molar-refractivity contribution in [1.82, 2.24) is 0 Å². The summed E-state index contributed by atoms with van der Waals surface area (Å²) in [7, 11) is 0. The Kier molecular flexibility index (Phi) is 9.18. The number of hydrogen-bond acceptors (Lipinski definition) is 16. The molecule has 3 saturated heterocycles. The van der Waals surface area contributed by atoms with Gasteiger partial charge < -0.3 is 81.1 Å². The van der Waals surface area contributed by atoms with Gasteiger partial charge in [-0.25, -0.2) is 0 Å². The van der Waals surface area contributed by atoms with Crippen molar-refractivity contribution in [3.63, 3.8) is 0 Å². The molecule has 3 rings (SSSR count). The Balaban J connectivity index is 1.69. The topological polar surface area (TPSA) is 280 Å². The maximum absolute atomic E-state index is 10.3. The van der Waals surface area contributed by atoms with Crippen LogP contribution in [0.3, 0.4) is 0 Å². The average Bonchev–Trinajstić information content (AvgIpc) is 3.08. The molecule has 0 spiro atoms.